The highest BCUT2D eigenvalue weighted by Crippen LogP contribution is 2.29. The number of β-lactam (4-membered cyclic amide) rings is 1. The fraction of sp³-hybridized carbons (Fsp3) is 0.263. The molecule has 1 aliphatic rings. The molecule has 0 saturated carbocycles. The maximum Gasteiger partial charge on any atom is 0.333 e. The zero-order valence-electron chi connectivity index (χ0n) is 13.9. The van der Waals surface area contributed by atoms with Gasteiger partial charge in [0.2, 0.25) is 5.91 Å². The molecule has 1 fully saturated rings. The number of hydrogen-bond acceptors (Lipinski definition) is 5. The zero-order valence-corrected chi connectivity index (χ0v) is 13.9. The SMILES string of the molecule is COC(=O)C(c1ccc(OCc2ccccc2)cc1)N1CC(N)C1=O. The van der Waals surface area contributed by atoms with E-state index in [0.717, 1.165) is 5.56 Å². The second-order valence-corrected chi connectivity index (χ2v) is 5.87. The van der Waals surface area contributed by atoms with Gasteiger partial charge in [-0.05, 0) is 23.3 Å². The van der Waals surface area contributed by atoms with Crippen LogP contribution in [0, 0.1) is 0 Å². The Morgan fingerprint density at radius 3 is 2.44 bits per heavy atom. The van der Waals surface area contributed by atoms with Gasteiger partial charge in [0.25, 0.3) is 0 Å². The highest BCUT2D eigenvalue weighted by molar-refractivity contribution is 5.92. The van der Waals surface area contributed by atoms with Gasteiger partial charge in [-0.15, -0.1) is 0 Å². The first-order valence-electron chi connectivity index (χ1n) is 8.00. The van der Waals surface area contributed by atoms with Crippen LogP contribution in [0.1, 0.15) is 17.2 Å². The lowest BCUT2D eigenvalue weighted by molar-refractivity contribution is -0.160. The first-order chi connectivity index (χ1) is 12.1. The number of nitrogens with zero attached hydrogens (tertiary/aromatic N) is 1. The Kier molecular flexibility index (Phi) is 5.00. The average Bonchev–Trinajstić information content (AvgIpc) is 2.67. The van der Waals surface area contributed by atoms with Gasteiger partial charge < -0.3 is 20.1 Å². The van der Waals surface area contributed by atoms with E-state index in [9.17, 15) is 9.59 Å². The van der Waals surface area contributed by atoms with E-state index >= 15 is 0 Å². The van der Waals surface area contributed by atoms with E-state index in [-0.39, 0.29) is 5.91 Å². The Morgan fingerprint density at radius 1 is 1.20 bits per heavy atom. The molecule has 0 radical (unpaired) electrons. The molecule has 2 atom stereocenters. The number of carbonyl (C=O) groups excluding carboxylic acids is 2. The van der Waals surface area contributed by atoms with Gasteiger partial charge in [-0.3, -0.25) is 4.79 Å². The molecule has 0 aromatic heterocycles. The van der Waals surface area contributed by atoms with Crippen molar-refractivity contribution < 1.29 is 19.1 Å². The third kappa shape index (κ3) is 3.64. The zero-order chi connectivity index (χ0) is 17.8. The molecule has 2 N–H and O–H groups in total. The fourth-order valence-electron chi connectivity index (χ4n) is 2.76. The topological polar surface area (TPSA) is 81.9 Å². The number of nitrogens with two attached hydrogens (primary N) is 1. The van der Waals surface area contributed by atoms with Crippen molar-refractivity contribution in [2.45, 2.75) is 18.7 Å². The molecule has 0 spiro atoms. The second-order valence-electron chi connectivity index (χ2n) is 5.87. The quantitative estimate of drug-likeness (QED) is 0.639. The van der Waals surface area contributed by atoms with E-state index in [1.54, 1.807) is 24.3 Å². The average molecular weight is 340 g/mol. The third-order valence-electron chi connectivity index (χ3n) is 4.17. The molecule has 25 heavy (non-hydrogen) atoms. The van der Waals surface area contributed by atoms with Gasteiger partial charge in [0.1, 0.15) is 18.4 Å². The number of carbonyl (C=O) groups is 2. The number of benzene rings is 2. The van der Waals surface area contributed by atoms with Gasteiger partial charge in [-0.25, -0.2) is 4.79 Å². The highest BCUT2D eigenvalue weighted by Gasteiger charge is 2.42. The van der Waals surface area contributed by atoms with Crippen molar-refractivity contribution >= 4 is 11.9 Å². The minimum absolute atomic E-state index is 0.250. The lowest BCUT2D eigenvalue weighted by Crippen LogP contribution is -2.62. The number of ether oxygens (including phenoxy) is 2. The van der Waals surface area contributed by atoms with Gasteiger partial charge in [-0.2, -0.15) is 0 Å². The number of hydrogen-bond donors (Lipinski definition) is 1. The van der Waals surface area contributed by atoms with E-state index in [4.69, 9.17) is 15.2 Å². The van der Waals surface area contributed by atoms with E-state index in [2.05, 4.69) is 0 Å². The summed E-state index contributed by atoms with van der Waals surface area (Å²) < 4.78 is 10.6. The van der Waals surface area contributed by atoms with Gasteiger partial charge in [0.15, 0.2) is 6.04 Å². The number of esters is 1. The summed E-state index contributed by atoms with van der Waals surface area (Å²) in [6.45, 7) is 0.797. The van der Waals surface area contributed by atoms with Crippen LogP contribution in [0.4, 0.5) is 0 Å². The summed E-state index contributed by atoms with van der Waals surface area (Å²) in [4.78, 5) is 25.4. The molecule has 2 aromatic carbocycles. The summed E-state index contributed by atoms with van der Waals surface area (Å²) in [7, 11) is 1.30. The number of likely N-dealkylation sites (tertiary alicyclic amines) is 1. The number of amides is 1. The smallest absolute Gasteiger partial charge is 0.333 e. The van der Waals surface area contributed by atoms with Crippen LogP contribution in [0.2, 0.25) is 0 Å². The van der Waals surface area contributed by atoms with E-state index in [0.29, 0.717) is 24.5 Å². The predicted molar refractivity (Wildman–Crippen MR) is 91.7 cm³/mol. The molecule has 130 valence electrons. The summed E-state index contributed by atoms with van der Waals surface area (Å²) in [5.41, 5.74) is 7.36. The normalized spacial score (nSPS) is 17.6. The van der Waals surface area contributed by atoms with Gasteiger partial charge in [0.05, 0.1) is 7.11 Å². The van der Waals surface area contributed by atoms with E-state index < -0.39 is 18.1 Å². The van der Waals surface area contributed by atoms with Gasteiger partial charge >= 0.3 is 5.97 Å². The first kappa shape index (κ1) is 17.0. The van der Waals surface area contributed by atoms with Crippen LogP contribution in [0.3, 0.4) is 0 Å². The lowest BCUT2D eigenvalue weighted by atomic mass is 9.98. The Hall–Kier alpha value is -2.86. The summed E-state index contributed by atoms with van der Waals surface area (Å²) in [5.74, 6) is -0.0548. The van der Waals surface area contributed by atoms with E-state index in [1.807, 2.05) is 30.3 Å². The van der Waals surface area contributed by atoms with Crippen molar-refractivity contribution in [1.82, 2.24) is 4.90 Å². The van der Waals surface area contributed by atoms with Gasteiger partial charge in [0, 0.05) is 6.54 Å². The molecule has 1 saturated heterocycles. The van der Waals surface area contributed by atoms with Crippen molar-refractivity contribution in [1.29, 1.82) is 0 Å². The molecule has 1 heterocycles. The minimum atomic E-state index is -0.777. The molecule has 0 aliphatic carbocycles. The molecule has 6 nitrogen and oxygen atoms in total. The maximum atomic E-state index is 12.1. The van der Waals surface area contributed by atoms with Crippen molar-refractivity contribution in [2.24, 2.45) is 5.73 Å². The standard InChI is InChI=1S/C19H20N2O4/c1-24-19(23)17(21-11-16(20)18(21)22)14-7-9-15(10-8-14)25-12-13-5-3-2-4-6-13/h2-10,16-17H,11-12,20H2,1H3. The summed E-state index contributed by atoms with van der Waals surface area (Å²) in [6, 6.07) is 15.6. The van der Waals surface area contributed by atoms with Crippen LogP contribution in [0.25, 0.3) is 0 Å². The van der Waals surface area contributed by atoms with Gasteiger partial charge in [-0.1, -0.05) is 42.5 Å². The minimum Gasteiger partial charge on any atom is -0.489 e. The molecule has 1 amide bonds. The Bertz CT molecular complexity index is 746. The van der Waals surface area contributed by atoms with Crippen LogP contribution in [0.15, 0.2) is 54.6 Å². The van der Waals surface area contributed by atoms with Crippen molar-refractivity contribution in [3.63, 3.8) is 0 Å². The summed E-state index contributed by atoms with van der Waals surface area (Å²) >= 11 is 0. The molecule has 2 aromatic rings. The van der Waals surface area contributed by atoms with Crippen LogP contribution in [0.5, 0.6) is 5.75 Å². The fourth-order valence-corrected chi connectivity index (χ4v) is 2.76. The molecule has 6 heteroatoms. The van der Waals surface area contributed by atoms with Crippen LogP contribution < -0.4 is 10.5 Å². The number of rotatable bonds is 6. The molecular formula is C19H20N2O4. The second kappa shape index (κ2) is 7.36. The summed E-state index contributed by atoms with van der Waals surface area (Å²) in [6.07, 6.45) is 0. The largest absolute Gasteiger partial charge is 0.489 e. The molecular weight excluding hydrogens is 320 g/mol. The third-order valence-corrected chi connectivity index (χ3v) is 4.17. The Balaban J connectivity index is 1.70. The lowest BCUT2D eigenvalue weighted by Gasteiger charge is -2.40. The van der Waals surface area contributed by atoms with Crippen LogP contribution >= 0.6 is 0 Å². The van der Waals surface area contributed by atoms with Crippen molar-refractivity contribution in [3.05, 3.63) is 65.7 Å². The molecule has 0 bridgehead atoms. The first-order valence-corrected chi connectivity index (χ1v) is 8.00. The Morgan fingerprint density at radius 2 is 1.88 bits per heavy atom. The van der Waals surface area contributed by atoms with Crippen molar-refractivity contribution in [2.75, 3.05) is 13.7 Å². The Labute approximate surface area is 146 Å². The summed E-state index contributed by atoms with van der Waals surface area (Å²) in [5, 5.41) is 0. The van der Waals surface area contributed by atoms with Crippen LogP contribution in [-0.4, -0.2) is 36.5 Å². The van der Waals surface area contributed by atoms with E-state index in [1.165, 1.54) is 12.0 Å². The van der Waals surface area contributed by atoms with Crippen molar-refractivity contribution in [3.8, 4) is 5.75 Å². The monoisotopic (exact) mass is 340 g/mol. The number of methoxy groups -OCH3 is 1. The maximum absolute atomic E-state index is 12.1. The highest BCUT2D eigenvalue weighted by atomic mass is 16.5. The molecule has 2 unspecified atom stereocenters. The predicted octanol–water partition coefficient (Wildman–Crippen LogP) is 1.65. The molecule has 3 rings (SSSR count). The van der Waals surface area contributed by atoms with Crippen LogP contribution in [-0.2, 0) is 20.9 Å². The molecule has 1 aliphatic heterocycles.